The fourth-order valence-corrected chi connectivity index (χ4v) is 3.83. The molecule has 0 radical (unpaired) electrons. The van der Waals surface area contributed by atoms with E-state index in [-0.39, 0.29) is 12.5 Å². The Kier molecular flexibility index (Phi) is 6.16. The van der Waals surface area contributed by atoms with Gasteiger partial charge in [0.25, 0.3) is 5.91 Å². The standard InChI is InChI=1S/C25H26N2O4/c1-16(2)14-26-22(28)15-31-25(29)23-19-9-3-4-11-21(19)27-24-17(7-5-10-20(23)24)13-18-8-6-12-30-18/h3-4,6,8-9,11-13,16H,5,7,10,14-15H2,1-2H3,(H,26,28)/b17-13-. The van der Waals surface area contributed by atoms with Gasteiger partial charge in [0.2, 0.25) is 0 Å². The third-order valence-corrected chi connectivity index (χ3v) is 5.28. The number of benzene rings is 1. The van der Waals surface area contributed by atoms with Gasteiger partial charge < -0.3 is 14.5 Å². The van der Waals surface area contributed by atoms with Crippen LogP contribution in [-0.2, 0) is 16.0 Å². The Balaban J connectivity index is 1.70. The number of nitrogens with one attached hydrogen (secondary N) is 1. The Bertz CT molecular complexity index is 1130. The summed E-state index contributed by atoms with van der Waals surface area (Å²) in [6.07, 6.45) is 6.10. The van der Waals surface area contributed by atoms with E-state index < -0.39 is 5.97 Å². The summed E-state index contributed by atoms with van der Waals surface area (Å²) in [7, 11) is 0. The predicted molar refractivity (Wildman–Crippen MR) is 119 cm³/mol. The van der Waals surface area contributed by atoms with Crippen LogP contribution in [0.15, 0.2) is 47.1 Å². The maximum absolute atomic E-state index is 13.1. The van der Waals surface area contributed by atoms with Gasteiger partial charge in [-0.1, -0.05) is 32.0 Å². The number of furan rings is 1. The minimum absolute atomic E-state index is 0.298. The van der Waals surface area contributed by atoms with Crippen LogP contribution in [0.1, 0.15) is 54.1 Å². The molecular weight excluding hydrogens is 392 g/mol. The minimum atomic E-state index is -0.492. The Morgan fingerprint density at radius 3 is 2.81 bits per heavy atom. The number of carbonyl (C=O) groups is 2. The summed E-state index contributed by atoms with van der Waals surface area (Å²) in [5.74, 6) is 0.292. The highest BCUT2D eigenvalue weighted by Crippen LogP contribution is 2.36. The third-order valence-electron chi connectivity index (χ3n) is 5.28. The number of ether oxygens (including phenoxy) is 1. The highest BCUT2D eigenvalue weighted by atomic mass is 16.5. The van der Waals surface area contributed by atoms with Crippen molar-refractivity contribution in [3.05, 3.63) is 65.2 Å². The zero-order valence-corrected chi connectivity index (χ0v) is 17.8. The smallest absolute Gasteiger partial charge is 0.339 e. The van der Waals surface area contributed by atoms with E-state index in [1.54, 1.807) is 6.26 Å². The molecule has 160 valence electrons. The van der Waals surface area contributed by atoms with Crippen LogP contribution in [0.25, 0.3) is 22.6 Å². The lowest BCUT2D eigenvalue weighted by atomic mass is 9.86. The molecule has 0 unspecified atom stereocenters. The van der Waals surface area contributed by atoms with E-state index >= 15 is 0 Å². The molecule has 1 amide bonds. The molecule has 1 N–H and O–H groups in total. The molecule has 3 aromatic rings. The van der Waals surface area contributed by atoms with E-state index in [4.69, 9.17) is 14.1 Å². The first-order valence-corrected chi connectivity index (χ1v) is 10.6. The van der Waals surface area contributed by atoms with Gasteiger partial charge in [-0.05, 0) is 60.6 Å². The molecule has 0 saturated heterocycles. The largest absolute Gasteiger partial charge is 0.465 e. The van der Waals surface area contributed by atoms with Crippen molar-refractivity contribution in [2.75, 3.05) is 13.2 Å². The number of para-hydroxylation sites is 1. The second-order valence-corrected chi connectivity index (χ2v) is 8.14. The molecule has 4 rings (SSSR count). The number of amides is 1. The van der Waals surface area contributed by atoms with E-state index in [0.717, 1.165) is 52.8 Å². The van der Waals surface area contributed by atoms with E-state index in [0.29, 0.717) is 18.0 Å². The van der Waals surface area contributed by atoms with Gasteiger partial charge in [-0.15, -0.1) is 0 Å². The zero-order valence-electron chi connectivity index (χ0n) is 17.8. The second-order valence-electron chi connectivity index (χ2n) is 8.14. The third kappa shape index (κ3) is 4.68. The summed E-state index contributed by atoms with van der Waals surface area (Å²) in [6.45, 7) is 4.27. The van der Waals surface area contributed by atoms with E-state index in [2.05, 4.69) is 5.32 Å². The molecule has 6 heteroatoms. The SMILES string of the molecule is CC(C)CNC(=O)COC(=O)c1c2c(nc3ccccc13)/C(=C\c1ccco1)CCC2. The van der Waals surface area contributed by atoms with E-state index in [1.807, 2.05) is 56.3 Å². The minimum Gasteiger partial charge on any atom is -0.465 e. The van der Waals surface area contributed by atoms with Crippen LogP contribution in [0.3, 0.4) is 0 Å². The lowest BCUT2D eigenvalue weighted by Gasteiger charge is -2.22. The summed E-state index contributed by atoms with van der Waals surface area (Å²) in [6, 6.07) is 11.3. The number of aromatic nitrogens is 1. The number of esters is 1. The molecule has 1 aromatic carbocycles. The number of hydrogen-bond donors (Lipinski definition) is 1. The quantitative estimate of drug-likeness (QED) is 0.590. The van der Waals surface area contributed by atoms with Gasteiger partial charge >= 0.3 is 5.97 Å². The summed E-state index contributed by atoms with van der Waals surface area (Å²) in [5, 5.41) is 3.52. The van der Waals surface area contributed by atoms with Crippen molar-refractivity contribution in [3.63, 3.8) is 0 Å². The summed E-state index contributed by atoms with van der Waals surface area (Å²) in [4.78, 5) is 30.0. The zero-order chi connectivity index (χ0) is 21.8. The van der Waals surface area contributed by atoms with Gasteiger partial charge in [-0.2, -0.15) is 0 Å². The van der Waals surface area contributed by atoms with Crippen LogP contribution in [0.2, 0.25) is 0 Å². The topological polar surface area (TPSA) is 81.4 Å². The molecule has 0 fully saturated rings. The van der Waals surface area contributed by atoms with Gasteiger partial charge in [0.1, 0.15) is 5.76 Å². The Morgan fingerprint density at radius 2 is 2.03 bits per heavy atom. The Labute approximate surface area is 181 Å². The highest BCUT2D eigenvalue weighted by Gasteiger charge is 2.26. The molecule has 2 heterocycles. The molecule has 0 saturated carbocycles. The van der Waals surface area contributed by atoms with Crippen LogP contribution >= 0.6 is 0 Å². The fourth-order valence-electron chi connectivity index (χ4n) is 3.83. The second kappa shape index (κ2) is 9.16. The molecular formula is C25H26N2O4. The number of allylic oxidation sites excluding steroid dienone is 1. The number of carbonyl (C=O) groups excluding carboxylic acids is 2. The Hall–Kier alpha value is -3.41. The number of hydrogen-bond acceptors (Lipinski definition) is 5. The van der Waals surface area contributed by atoms with Crippen LogP contribution in [0, 0.1) is 5.92 Å². The average molecular weight is 418 g/mol. The van der Waals surface area contributed by atoms with Crippen LogP contribution < -0.4 is 5.32 Å². The maximum Gasteiger partial charge on any atom is 0.339 e. The first-order valence-electron chi connectivity index (χ1n) is 10.6. The van der Waals surface area contributed by atoms with Crippen molar-refractivity contribution in [1.29, 1.82) is 0 Å². The van der Waals surface area contributed by atoms with Crippen LogP contribution in [0.5, 0.6) is 0 Å². The molecule has 31 heavy (non-hydrogen) atoms. The van der Waals surface area contributed by atoms with Crippen LogP contribution in [-0.4, -0.2) is 30.0 Å². The van der Waals surface area contributed by atoms with Crippen molar-refractivity contribution >= 4 is 34.4 Å². The first-order chi connectivity index (χ1) is 15.0. The number of pyridine rings is 1. The summed E-state index contributed by atoms with van der Waals surface area (Å²) >= 11 is 0. The van der Waals surface area contributed by atoms with E-state index in [1.165, 1.54) is 0 Å². The number of fused-ring (bicyclic) bond motifs is 2. The molecule has 0 aliphatic heterocycles. The highest BCUT2D eigenvalue weighted by molar-refractivity contribution is 6.07. The van der Waals surface area contributed by atoms with Gasteiger partial charge in [-0.25, -0.2) is 9.78 Å². The molecule has 0 atom stereocenters. The van der Waals surface area contributed by atoms with E-state index in [9.17, 15) is 9.59 Å². The van der Waals surface area contributed by atoms with Crippen molar-refractivity contribution < 1.29 is 18.7 Å². The molecule has 1 aliphatic carbocycles. The molecule has 1 aliphatic rings. The summed E-state index contributed by atoms with van der Waals surface area (Å²) < 4.78 is 10.9. The molecule has 0 bridgehead atoms. The number of rotatable bonds is 6. The van der Waals surface area contributed by atoms with Crippen molar-refractivity contribution in [2.24, 2.45) is 5.92 Å². The van der Waals surface area contributed by atoms with Crippen molar-refractivity contribution in [3.8, 4) is 0 Å². The van der Waals surface area contributed by atoms with Gasteiger partial charge in [0.05, 0.1) is 23.0 Å². The van der Waals surface area contributed by atoms with Gasteiger partial charge in [-0.3, -0.25) is 4.79 Å². The molecule has 0 spiro atoms. The summed E-state index contributed by atoms with van der Waals surface area (Å²) in [5.41, 5.74) is 3.94. The fraction of sp³-hybridized carbons (Fsp3) is 0.320. The van der Waals surface area contributed by atoms with Gasteiger partial charge in [0, 0.05) is 11.9 Å². The molecule has 2 aromatic heterocycles. The monoisotopic (exact) mass is 418 g/mol. The number of nitrogens with zero attached hydrogens (tertiary/aromatic N) is 1. The maximum atomic E-state index is 13.1. The normalized spacial score (nSPS) is 14.6. The van der Waals surface area contributed by atoms with Gasteiger partial charge in [0.15, 0.2) is 6.61 Å². The lowest BCUT2D eigenvalue weighted by Crippen LogP contribution is -2.31. The van der Waals surface area contributed by atoms with Crippen molar-refractivity contribution in [2.45, 2.75) is 33.1 Å². The Morgan fingerprint density at radius 1 is 1.19 bits per heavy atom. The predicted octanol–water partition coefficient (Wildman–Crippen LogP) is 4.63. The average Bonchev–Trinajstić information content (AvgIpc) is 3.28. The lowest BCUT2D eigenvalue weighted by molar-refractivity contribution is -0.124. The first kappa shape index (κ1) is 20.8. The van der Waals surface area contributed by atoms with Crippen molar-refractivity contribution in [1.82, 2.24) is 10.3 Å². The molecule has 6 nitrogen and oxygen atoms in total. The van der Waals surface area contributed by atoms with Crippen LogP contribution in [0.4, 0.5) is 0 Å².